The van der Waals surface area contributed by atoms with Gasteiger partial charge in [0.15, 0.2) is 17.3 Å². The zero-order valence-corrected chi connectivity index (χ0v) is 24.5. The van der Waals surface area contributed by atoms with Gasteiger partial charge in [0.25, 0.3) is 0 Å². The van der Waals surface area contributed by atoms with Crippen LogP contribution in [0.3, 0.4) is 0 Å². The molecule has 3 atom stereocenters. The number of rotatable bonds is 18. The molecule has 1 aromatic heterocycles. The summed E-state index contributed by atoms with van der Waals surface area (Å²) in [5.41, 5.74) is 2.35. The van der Waals surface area contributed by atoms with E-state index in [1.54, 1.807) is 55.7 Å². The number of benzene rings is 2. The summed E-state index contributed by atoms with van der Waals surface area (Å²) in [6.07, 6.45) is 5.98. The third-order valence-corrected chi connectivity index (χ3v) is 7.45. The van der Waals surface area contributed by atoms with Crippen LogP contribution in [0.2, 0.25) is 0 Å². The summed E-state index contributed by atoms with van der Waals surface area (Å²) in [6, 6.07) is 21.0. The third-order valence-electron chi connectivity index (χ3n) is 7.45. The van der Waals surface area contributed by atoms with Crippen LogP contribution in [0.1, 0.15) is 73.9 Å². The minimum Gasteiger partial charge on any atom is -0.346 e. The Morgan fingerprint density at radius 3 is 2.07 bits per heavy atom. The van der Waals surface area contributed by atoms with Gasteiger partial charge < -0.3 is 5.32 Å². The Labute approximate surface area is 248 Å². The van der Waals surface area contributed by atoms with Gasteiger partial charge in [-0.05, 0) is 49.4 Å². The lowest BCUT2D eigenvalue weighted by Crippen LogP contribution is -2.44. The number of carbonyl (C=O) groups is 5. The lowest BCUT2D eigenvalue weighted by atomic mass is 9.87. The molecule has 220 valence electrons. The largest absolute Gasteiger partial charge is 0.346 e. The molecule has 0 aliphatic carbocycles. The summed E-state index contributed by atoms with van der Waals surface area (Å²) in [4.78, 5) is 69.4. The highest BCUT2D eigenvalue weighted by atomic mass is 16.2. The maximum absolute atomic E-state index is 13.4. The minimum absolute atomic E-state index is 0.00472. The normalized spacial score (nSPS) is 13.0. The molecule has 2 aromatic carbocycles. The van der Waals surface area contributed by atoms with Gasteiger partial charge >= 0.3 is 0 Å². The van der Waals surface area contributed by atoms with Crippen molar-refractivity contribution in [2.45, 2.75) is 71.3 Å². The van der Waals surface area contributed by atoms with Crippen molar-refractivity contribution in [2.75, 3.05) is 0 Å². The molecule has 1 unspecified atom stereocenters. The average molecular weight is 569 g/mol. The second-order valence-corrected chi connectivity index (χ2v) is 10.8. The van der Waals surface area contributed by atoms with E-state index in [1.807, 2.05) is 43.3 Å². The number of nitrogens with zero attached hydrogens (tertiary/aromatic N) is 1. The zero-order valence-electron chi connectivity index (χ0n) is 24.5. The molecule has 1 heterocycles. The molecule has 0 radical (unpaired) electrons. The number of aromatic nitrogens is 1. The fourth-order valence-corrected chi connectivity index (χ4v) is 4.89. The first-order chi connectivity index (χ1) is 20.3. The molecule has 1 N–H and O–H groups in total. The maximum atomic E-state index is 13.4. The predicted octanol–water partition coefficient (Wildman–Crippen LogP) is 5.55. The first-order valence-corrected chi connectivity index (χ1v) is 14.7. The van der Waals surface area contributed by atoms with Crippen LogP contribution in [0.15, 0.2) is 85.2 Å². The summed E-state index contributed by atoms with van der Waals surface area (Å²) in [5.74, 6) is -3.27. The van der Waals surface area contributed by atoms with Crippen molar-refractivity contribution >= 4 is 29.0 Å². The molecule has 0 bridgehead atoms. The van der Waals surface area contributed by atoms with Crippen molar-refractivity contribution in [3.05, 3.63) is 102 Å². The summed E-state index contributed by atoms with van der Waals surface area (Å²) in [7, 11) is 0. The number of hydrogen-bond donors (Lipinski definition) is 1. The van der Waals surface area contributed by atoms with Crippen LogP contribution in [0, 0.1) is 11.8 Å². The number of nitrogens with one attached hydrogen (secondary N) is 1. The summed E-state index contributed by atoms with van der Waals surface area (Å²) in [6.45, 7) is 3.58. The van der Waals surface area contributed by atoms with Crippen LogP contribution < -0.4 is 5.32 Å². The van der Waals surface area contributed by atoms with E-state index in [9.17, 15) is 24.0 Å². The Kier molecular flexibility index (Phi) is 13.0. The molecule has 42 heavy (non-hydrogen) atoms. The van der Waals surface area contributed by atoms with Crippen molar-refractivity contribution in [2.24, 2.45) is 11.8 Å². The summed E-state index contributed by atoms with van der Waals surface area (Å²) in [5, 5.41) is 2.79. The van der Waals surface area contributed by atoms with Crippen LogP contribution in [0.5, 0.6) is 0 Å². The number of amides is 1. The van der Waals surface area contributed by atoms with E-state index in [4.69, 9.17) is 0 Å². The van der Waals surface area contributed by atoms with Crippen LogP contribution >= 0.6 is 0 Å². The first kappa shape index (κ1) is 32.3. The second kappa shape index (κ2) is 16.9. The molecule has 1 amide bonds. The lowest BCUT2D eigenvalue weighted by Gasteiger charge is -2.21. The Balaban J connectivity index is 1.64. The maximum Gasteiger partial charge on any atom is 0.224 e. The van der Waals surface area contributed by atoms with Gasteiger partial charge in [-0.15, -0.1) is 0 Å². The van der Waals surface area contributed by atoms with Gasteiger partial charge in [-0.25, -0.2) is 0 Å². The van der Waals surface area contributed by atoms with Crippen molar-refractivity contribution in [3.63, 3.8) is 0 Å². The Morgan fingerprint density at radius 1 is 0.786 bits per heavy atom. The van der Waals surface area contributed by atoms with E-state index in [1.165, 1.54) is 0 Å². The molecule has 0 saturated carbocycles. The van der Waals surface area contributed by atoms with Gasteiger partial charge in [0, 0.05) is 49.1 Å². The van der Waals surface area contributed by atoms with Crippen LogP contribution in [-0.2, 0) is 32.0 Å². The molecular weight excluding hydrogens is 528 g/mol. The molecule has 7 heteroatoms. The summed E-state index contributed by atoms with van der Waals surface area (Å²) >= 11 is 0. The highest BCUT2D eigenvalue weighted by Gasteiger charge is 2.30. The number of ketones is 4. The van der Waals surface area contributed by atoms with Gasteiger partial charge in [0.2, 0.25) is 11.7 Å². The standard InChI is InChI=1S/C35H40N2O5/c1-3-4-13-29(34(41)31(38)17-16-26-18-20-36-21-19-26)23-32(39)25(2)37-35(42)30(22-27-11-7-5-8-12-27)24-33(40)28-14-9-6-10-15-28/h5-12,14-15,18-21,25,29-30H,3-4,13,16-17,22-24H2,1-2H3,(H,37,42)/t25-,29?,30+/m0/s1. The van der Waals surface area contributed by atoms with Gasteiger partial charge in [0.05, 0.1) is 6.04 Å². The van der Waals surface area contributed by atoms with Crippen molar-refractivity contribution < 1.29 is 24.0 Å². The van der Waals surface area contributed by atoms with Gasteiger partial charge in [0.1, 0.15) is 0 Å². The number of Topliss-reactive ketones (excluding diaryl/α,β-unsaturated/α-hetero) is 4. The number of aryl methyl sites for hydroxylation is 1. The molecule has 0 aliphatic rings. The van der Waals surface area contributed by atoms with Crippen molar-refractivity contribution in [3.8, 4) is 0 Å². The van der Waals surface area contributed by atoms with Crippen molar-refractivity contribution in [1.82, 2.24) is 10.3 Å². The SMILES string of the molecule is CCCCC(CC(=O)[C@H](C)NC(=O)[C@@H](CC(=O)c1ccccc1)Cc1ccccc1)C(=O)C(=O)CCc1ccncc1. The van der Waals surface area contributed by atoms with E-state index < -0.39 is 35.4 Å². The van der Waals surface area contributed by atoms with Crippen LogP contribution in [0.4, 0.5) is 0 Å². The Hall–Kier alpha value is -4.26. The molecule has 0 spiro atoms. The number of carbonyl (C=O) groups excluding carboxylic acids is 5. The Bertz CT molecular complexity index is 1330. The molecule has 0 saturated heterocycles. The number of hydrogen-bond acceptors (Lipinski definition) is 6. The van der Waals surface area contributed by atoms with E-state index in [0.717, 1.165) is 17.5 Å². The molecule has 0 aliphatic heterocycles. The molecule has 3 aromatic rings. The van der Waals surface area contributed by atoms with E-state index in [2.05, 4.69) is 10.3 Å². The second-order valence-electron chi connectivity index (χ2n) is 10.8. The fraction of sp³-hybridized carbons (Fsp3) is 0.371. The zero-order chi connectivity index (χ0) is 30.3. The van der Waals surface area contributed by atoms with Gasteiger partial charge in [-0.1, -0.05) is 80.4 Å². The third kappa shape index (κ3) is 10.3. The topological polar surface area (TPSA) is 110 Å². The molecular formula is C35H40N2O5. The van der Waals surface area contributed by atoms with E-state index in [0.29, 0.717) is 31.2 Å². The number of unbranched alkanes of at least 4 members (excludes halogenated alkanes) is 1. The summed E-state index contributed by atoms with van der Waals surface area (Å²) < 4.78 is 0. The van der Waals surface area contributed by atoms with Crippen molar-refractivity contribution in [1.29, 1.82) is 0 Å². The van der Waals surface area contributed by atoms with Gasteiger partial charge in [-0.3, -0.25) is 29.0 Å². The molecule has 3 rings (SSSR count). The van der Waals surface area contributed by atoms with E-state index in [-0.39, 0.29) is 30.8 Å². The highest BCUT2D eigenvalue weighted by molar-refractivity contribution is 6.38. The predicted molar refractivity (Wildman–Crippen MR) is 162 cm³/mol. The van der Waals surface area contributed by atoms with Gasteiger partial charge in [-0.2, -0.15) is 0 Å². The van der Waals surface area contributed by atoms with Crippen LogP contribution in [-0.4, -0.2) is 40.1 Å². The monoisotopic (exact) mass is 568 g/mol. The molecule has 7 nitrogen and oxygen atoms in total. The fourth-order valence-electron chi connectivity index (χ4n) is 4.89. The number of pyridine rings is 1. The Morgan fingerprint density at radius 2 is 1.43 bits per heavy atom. The van der Waals surface area contributed by atoms with E-state index >= 15 is 0 Å². The average Bonchev–Trinajstić information content (AvgIpc) is 3.02. The lowest BCUT2D eigenvalue weighted by molar-refractivity contribution is -0.140. The van der Waals surface area contributed by atoms with Crippen LogP contribution in [0.25, 0.3) is 0 Å². The quantitative estimate of drug-likeness (QED) is 0.159. The highest BCUT2D eigenvalue weighted by Crippen LogP contribution is 2.20. The minimum atomic E-state index is -0.869. The molecule has 0 fully saturated rings. The first-order valence-electron chi connectivity index (χ1n) is 14.7. The smallest absolute Gasteiger partial charge is 0.224 e.